The van der Waals surface area contributed by atoms with Crippen LogP contribution in [0.15, 0.2) is 38.9 Å². The molecule has 0 saturated carbocycles. The Morgan fingerprint density at radius 1 is 1.04 bits per heavy atom. The number of fused-ring (bicyclic) bond motifs is 1. The molecule has 3 aliphatic rings. The molecule has 2 atom stereocenters. The topological polar surface area (TPSA) is 65.0 Å². The molecule has 9 heteroatoms. The molecule has 0 spiro atoms. The van der Waals surface area contributed by atoms with Gasteiger partial charge in [0.05, 0.1) is 36.1 Å². The molecule has 1 fully saturated rings. The Morgan fingerprint density at radius 3 is 2.48 bits per heavy atom. The summed E-state index contributed by atoms with van der Waals surface area (Å²) in [7, 11) is 0. The predicted molar refractivity (Wildman–Crippen MR) is 91.5 cm³/mol. The fraction of sp³-hybridized carbons (Fsp3) is 0.389. The molecule has 0 N–H and O–H groups in total. The van der Waals surface area contributed by atoms with Crippen LogP contribution in [0.1, 0.15) is 17.0 Å². The summed E-state index contributed by atoms with van der Waals surface area (Å²) < 4.78 is 49.6. The Balaban J connectivity index is 1.87. The van der Waals surface area contributed by atoms with Gasteiger partial charge in [-0.3, -0.25) is 14.6 Å². The summed E-state index contributed by atoms with van der Waals surface area (Å²) in [5, 5.41) is 0. The zero-order valence-corrected chi connectivity index (χ0v) is 15.4. The van der Waals surface area contributed by atoms with Gasteiger partial charge in [0.15, 0.2) is 11.6 Å². The minimum atomic E-state index is -4.51. The third kappa shape index (κ3) is 3.17. The number of rotatable bonds is 1. The number of aliphatic imine (C=N–C) groups is 1. The Kier molecular flexibility index (Phi) is 4.56. The number of ketones is 2. The zero-order valence-electron chi connectivity index (χ0n) is 13.8. The Labute approximate surface area is 160 Å². The highest BCUT2D eigenvalue weighted by molar-refractivity contribution is 9.10. The Morgan fingerprint density at radius 2 is 1.78 bits per heavy atom. The van der Waals surface area contributed by atoms with Crippen LogP contribution in [0.3, 0.4) is 0 Å². The van der Waals surface area contributed by atoms with Gasteiger partial charge in [0.25, 0.3) is 0 Å². The van der Waals surface area contributed by atoms with Crippen molar-refractivity contribution < 1.29 is 32.2 Å². The fourth-order valence-electron chi connectivity index (χ4n) is 3.76. The molecule has 0 amide bonds. The summed E-state index contributed by atoms with van der Waals surface area (Å²) in [5.74, 6) is -1.96. The van der Waals surface area contributed by atoms with Crippen LogP contribution in [-0.2, 0) is 25.2 Å². The van der Waals surface area contributed by atoms with Crippen LogP contribution in [-0.4, -0.2) is 43.7 Å². The largest absolute Gasteiger partial charge is 0.417 e. The monoisotopic (exact) mass is 443 g/mol. The lowest BCUT2D eigenvalue weighted by molar-refractivity contribution is -0.138. The van der Waals surface area contributed by atoms with Gasteiger partial charge in [0.2, 0.25) is 0 Å². The lowest BCUT2D eigenvalue weighted by atomic mass is 9.71. The number of carbonyl (C=O) groups excluding carboxylic acids is 2. The van der Waals surface area contributed by atoms with E-state index in [1.807, 2.05) is 0 Å². The second-order valence-electron chi connectivity index (χ2n) is 6.53. The van der Waals surface area contributed by atoms with E-state index in [1.165, 1.54) is 12.1 Å². The second kappa shape index (κ2) is 6.65. The number of halogens is 4. The standard InChI is InChI=1S/C18H13BrF3NO4/c19-10-3-8(1-2-9(10)18(20,21)22)15-16-11(4-26-6-13(16)24)23-12-5-27-7-14(25)17(12)15/h1-3,15-16H,4-7H2. The van der Waals surface area contributed by atoms with Gasteiger partial charge in [-0.1, -0.05) is 22.0 Å². The normalized spacial score (nSPS) is 25.9. The minimum absolute atomic E-state index is 0.115. The number of nitrogens with zero attached hydrogens (tertiary/aromatic N) is 1. The number of benzene rings is 1. The van der Waals surface area contributed by atoms with Crippen molar-refractivity contribution in [3.05, 3.63) is 45.1 Å². The molecule has 1 aromatic rings. The average Bonchev–Trinajstić information content (AvgIpc) is 2.59. The van der Waals surface area contributed by atoms with Gasteiger partial charge < -0.3 is 9.47 Å². The van der Waals surface area contributed by atoms with Gasteiger partial charge in [-0.15, -0.1) is 0 Å². The van der Waals surface area contributed by atoms with Crippen molar-refractivity contribution in [3.8, 4) is 0 Å². The third-order valence-corrected chi connectivity index (χ3v) is 5.52. The summed E-state index contributed by atoms with van der Waals surface area (Å²) in [6.07, 6.45) is -4.51. The Hall–Kier alpha value is -1.84. The van der Waals surface area contributed by atoms with E-state index in [0.717, 1.165) is 6.07 Å². The number of alkyl halides is 3. The first-order valence-corrected chi connectivity index (χ1v) is 8.95. The first-order chi connectivity index (χ1) is 12.8. The van der Waals surface area contributed by atoms with Crippen molar-refractivity contribution >= 4 is 33.2 Å². The van der Waals surface area contributed by atoms with Crippen molar-refractivity contribution in [1.29, 1.82) is 0 Å². The highest BCUT2D eigenvalue weighted by atomic mass is 79.9. The molecule has 1 saturated heterocycles. The SMILES string of the molecule is O=C1COCC2=C1C(c1ccc(C(F)(F)F)c(Br)c1)C1C(=O)COCC1=N2. The van der Waals surface area contributed by atoms with Crippen molar-refractivity contribution in [2.45, 2.75) is 12.1 Å². The van der Waals surface area contributed by atoms with Crippen LogP contribution in [0, 0.1) is 5.92 Å². The molecule has 142 valence electrons. The maximum absolute atomic E-state index is 13.1. The summed E-state index contributed by atoms with van der Waals surface area (Å²) in [6, 6.07) is 3.60. The van der Waals surface area contributed by atoms with E-state index < -0.39 is 23.6 Å². The van der Waals surface area contributed by atoms with Gasteiger partial charge in [0.1, 0.15) is 13.2 Å². The molecule has 0 bridgehead atoms. The van der Waals surface area contributed by atoms with Gasteiger partial charge in [-0.25, -0.2) is 0 Å². The molecule has 3 aliphatic heterocycles. The molecule has 5 nitrogen and oxygen atoms in total. The molecular formula is C18H13BrF3NO4. The lowest BCUT2D eigenvalue weighted by Crippen LogP contribution is -2.45. The summed E-state index contributed by atoms with van der Waals surface area (Å²) >= 11 is 2.97. The van der Waals surface area contributed by atoms with Crippen LogP contribution >= 0.6 is 15.9 Å². The average molecular weight is 444 g/mol. The summed E-state index contributed by atoms with van der Waals surface area (Å²) in [5.41, 5.74) is 0.866. The van der Waals surface area contributed by atoms with Crippen molar-refractivity contribution in [1.82, 2.24) is 0 Å². The van der Waals surface area contributed by atoms with Crippen LogP contribution in [0.25, 0.3) is 0 Å². The lowest BCUT2D eigenvalue weighted by Gasteiger charge is -2.37. The van der Waals surface area contributed by atoms with Crippen molar-refractivity contribution in [3.63, 3.8) is 0 Å². The van der Waals surface area contributed by atoms with E-state index in [-0.39, 0.29) is 42.5 Å². The summed E-state index contributed by atoms with van der Waals surface area (Å²) in [6.45, 7) is -0.00182. The molecular weight excluding hydrogens is 431 g/mol. The maximum atomic E-state index is 13.1. The quantitative estimate of drug-likeness (QED) is 0.668. The van der Waals surface area contributed by atoms with Crippen molar-refractivity contribution in [2.24, 2.45) is 10.9 Å². The molecule has 2 unspecified atom stereocenters. The second-order valence-corrected chi connectivity index (χ2v) is 7.39. The molecule has 4 rings (SSSR count). The number of ether oxygens (including phenoxy) is 2. The minimum Gasteiger partial charge on any atom is -0.368 e. The number of hydrogen-bond donors (Lipinski definition) is 0. The van der Waals surface area contributed by atoms with E-state index in [0.29, 0.717) is 22.5 Å². The molecule has 0 aliphatic carbocycles. The van der Waals surface area contributed by atoms with Crippen LogP contribution in [0.5, 0.6) is 0 Å². The van der Waals surface area contributed by atoms with E-state index >= 15 is 0 Å². The van der Waals surface area contributed by atoms with E-state index in [4.69, 9.17) is 9.47 Å². The van der Waals surface area contributed by atoms with Crippen LogP contribution in [0.2, 0.25) is 0 Å². The van der Waals surface area contributed by atoms with Crippen LogP contribution < -0.4 is 0 Å². The highest BCUT2D eigenvalue weighted by Crippen LogP contribution is 2.44. The molecule has 3 heterocycles. The zero-order chi connectivity index (χ0) is 19.3. The van der Waals surface area contributed by atoms with Crippen LogP contribution in [0.4, 0.5) is 13.2 Å². The fourth-order valence-corrected chi connectivity index (χ4v) is 4.38. The van der Waals surface area contributed by atoms with Crippen molar-refractivity contribution in [2.75, 3.05) is 26.4 Å². The first-order valence-electron chi connectivity index (χ1n) is 8.16. The smallest absolute Gasteiger partial charge is 0.368 e. The van der Waals surface area contributed by atoms with E-state index in [1.54, 1.807) is 0 Å². The van der Waals surface area contributed by atoms with Gasteiger partial charge in [-0.05, 0) is 17.7 Å². The first kappa shape index (κ1) is 18.5. The Bertz CT molecular complexity index is 906. The number of hydrogen-bond acceptors (Lipinski definition) is 5. The molecule has 0 radical (unpaired) electrons. The van der Waals surface area contributed by atoms with Gasteiger partial charge >= 0.3 is 6.18 Å². The number of Topliss-reactive ketones (excluding diaryl/α,β-unsaturated/α-hetero) is 2. The third-order valence-electron chi connectivity index (χ3n) is 4.86. The van der Waals surface area contributed by atoms with Gasteiger partial charge in [0, 0.05) is 16.0 Å². The predicted octanol–water partition coefficient (Wildman–Crippen LogP) is 3.08. The van der Waals surface area contributed by atoms with Gasteiger partial charge in [-0.2, -0.15) is 13.2 Å². The molecule has 27 heavy (non-hydrogen) atoms. The number of carbonyl (C=O) groups is 2. The molecule has 1 aromatic carbocycles. The van der Waals surface area contributed by atoms with E-state index in [9.17, 15) is 22.8 Å². The highest BCUT2D eigenvalue weighted by Gasteiger charge is 2.45. The summed E-state index contributed by atoms with van der Waals surface area (Å²) in [4.78, 5) is 29.5. The van der Waals surface area contributed by atoms with E-state index in [2.05, 4.69) is 20.9 Å². The maximum Gasteiger partial charge on any atom is 0.417 e. The molecule has 0 aromatic heterocycles.